The van der Waals surface area contributed by atoms with E-state index in [1.807, 2.05) is 18.2 Å². The van der Waals surface area contributed by atoms with E-state index in [1.165, 1.54) is 11.5 Å². The maximum absolute atomic E-state index is 12.8. The highest BCUT2D eigenvalue weighted by Gasteiger charge is 2.14. The molecule has 0 unspecified atom stereocenters. The summed E-state index contributed by atoms with van der Waals surface area (Å²) in [6, 6.07) is 9.18. The van der Waals surface area contributed by atoms with Crippen LogP contribution in [0.1, 0.15) is 0 Å². The number of hydrogen-bond donors (Lipinski definition) is 0. The molecule has 4 rings (SSSR count). The molecule has 0 aliphatic carbocycles. The van der Waals surface area contributed by atoms with E-state index in [4.69, 9.17) is 11.6 Å². The van der Waals surface area contributed by atoms with Crippen LogP contribution in [0.5, 0.6) is 0 Å². The first-order valence-corrected chi connectivity index (χ1v) is 7.40. The van der Waals surface area contributed by atoms with E-state index >= 15 is 0 Å². The Kier molecular flexibility index (Phi) is 2.77. The molecule has 0 radical (unpaired) electrons. The Morgan fingerprint density at radius 3 is 2.86 bits per heavy atom. The van der Waals surface area contributed by atoms with Gasteiger partial charge in [-0.3, -0.25) is 14.3 Å². The van der Waals surface area contributed by atoms with E-state index in [0.29, 0.717) is 15.4 Å². The zero-order valence-corrected chi connectivity index (χ0v) is 12.2. The molecule has 0 atom stereocenters. The van der Waals surface area contributed by atoms with Gasteiger partial charge in [-0.25, -0.2) is 0 Å². The SMILES string of the molecule is O=c1c2sncc2c2ccc(Cl)cc2n1-c1cccnc1. The highest BCUT2D eigenvalue weighted by molar-refractivity contribution is 7.13. The summed E-state index contributed by atoms with van der Waals surface area (Å²) in [7, 11) is 0. The van der Waals surface area contributed by atoms with Gasteiger partial charge in [-0.2, -0.15) is 4.37 Å². The molecule has 0 N–H and O–H groups in total. The van der Waals surface area contributed by atoms with Gasteiger partial charge in [-0.05, 0) is 35.8 Å². The van der Waals surface area contributed by atoms with Crippen molar-refractivity contribution in [3.8, 4) is 5.69 Å². The van der Waals surface area contributed by atoms with E-state index in [1.54, 1.807) is 35.3 Å². The van der Waals surface area contributed by atoms with Gasteiger partial charge < -0.3 is 0 Å². The zero-order chi connectivity index (χ0) is 14.4. The summed E-state index contributed by atoms with van der Waals surface area (Å²) >= 11 is 7.32. The molecule has 4 nitrogen and oxygen atoms in total. The third kappa shape index (κ3) is 1.86. The average molecular weight is 314 g/mol. The number of nitrogens with zero attached hydrogens (tertiary/aromatic N) is 3. The lowest BCUT2D eigenvalue weighted by Gasteiger charge is -2.11. The van der Waals surface area contributed by atoms with Gasteiger partial charge in [0, 0.05) is 28.2 Å². The van der Waals surface area contributed by atoms with Gasteiger partial charge in [0.2, 0.25) is 0 Å². The molecule has 0 spiro atoms. The van der Waals surface area contributed by atoms with Crippen molar-refractivity contribution in [3.05, 3.63) is 64.3 Å². The van der Waals surface area contributed by atoms with Crippen LogP contribution in [-0.2, 0) is 0 Å². The summed E-state index contributed by atoms with van der Waals surface area (Å²) in [5.74, 6) is 0. The predicted molar refractivity (Wildman–Crippen MR) is 85.5 cm³/mol. The third-order valence-electron chi connectivity index (χ3n) is 3.36. The largest absolute Gasteiger partial charge is 0.275 e. The quantitative estimate of drug-likeness (QED) is 0.539. The van der Waals surface area contributed by atoms with Crippen LogP contribution >= 0.6 is 23.1 Å². The maximum atomic E-state index is 12.8. The maximum Gasteiger partial charge on any atom is 0.275 e. The summed E-state index contributed by atoms with van der Waals surface area (Å²) in [5.41, 5.74) is 1.37. The molecule has 4 aromatic rings. The van der Waals surface area contributed by atoms with Crippen LogP contribution in [0.4, 0.5) is 0 Å². The molecule has 21 heavy (non-hydrogen) atoms. The molecule has 0 aliphatic heterocycles. The number of benzene rings is 1. The molecule has 3 heterocycles. The van der Waals surface area contributed by atoms with Gasteiger partial charge in [-0.1, -0.05) is 17.7 Å². The molecule has 1 aromatic carbocycles. The van der Waals surface area contributed by atoms with Gasteiger partial charge in [0.05, 0.1) is 17.4 Å². The molecule has 0 saturated carbocycles. The van der Waals surface area contributed by atoms with Crippen molar-refractivity contribution in [1.82, 2.24) is 13.9 Å². The second kappa shape index (κ2) is 4.65. The van der Waals surface area contributed by atoms with E-state index in [9.17, 15) is 4.79 Å². The van der Waals surface area contributed by atoms with Crippen molar-refractivity contribution in [1.29, 1.82) is 0 Å². The second-order valence-corrected chi connectivity index (χ2v) is 5.82. The third-order valence-corrected chi connectivity index (χ3v) is 4.39. The zero-order valence-electron chi connectivity index (χ0n) is 10.7. The Hall–Kier alpha value is -2.24. The first-order valence-electron chi connectivity index (χ1n) is 6.25. The normalized spacial score (nSPS) is 11.3. The van der Waals surface area contributed by atoms with Crippen molar-refractivity contribution in [2.24, 2.45) is 0 Å². The van der Waals surface area contributed by atoms with Crippen molar-refractivity contribution >= 4 is 44.1 Å². The van der Waals surface area contributed by atoms with Crippen molar-refractivity contribution in [2.45, 2.75) is 0 Å². The number of halogens is 1. The summed E-state index contributed by atoms with van der Waals surface area (Å²) in [6.45, 7) is 0. The van der Waals surface area contributed by atoms with Crippen molar-refractivity contribution in [3.63, 3.8) is 0 Å². The average Bonchev–Trinajstić information content (AvgIpc) is 2.98. The monoisotopic (exact) mass is 313 g/mol. The molecule has 6 heteroatoms. The molecule has 102 valence electrons. The Morgan fingerprint density at radius 2 is 2.05 bits per heavy atom. The first kappa shape index (κ1) is 12.5. The molecule has 3 aromatic heterocycles. The number of rotatable bonds is 1. The molecule has 0 bridgehead atoms. The molecular formula is C15H8ClN3OS. The van der Waals surface area contributed by atoms with Crippen LogP contribution in [0, 0.1) is 0 Å². The van der Waals surface area contributed by atoms with Crippen molar-refractivity contribution in [2.75, 3.05) is 0 Å². The smallest absolute Gasteiger partial charge is 0.274 e. The van der Waals surface area contributed by atoms with E-state index in [0.717, 1.165) is 16.3 Å². The predicted octanol–water partition coefficient (Wildman–Crippen LogP) is 3.65. The van der Waals surface area contributed by atoms with Crippen molar-refractivity contribution < 1.29 is 0 Å². The van der Waals surface area contributed by atoms with Crippen LogP contribution < -0.4 is 5.56 Å². The minimum Gasteiger partial charge on any atom is -0.274 e. The number of pyridine rings is 2. The van der Waals surface area contributed by atoms with Gasteiger partial charge in [0.15, 0.2) is 0 Å². The number of hydrogen-bond acceptors (Lipinski definition) is 4. The Labute approximate surface area is 128 Å². The highest BCUT2D eigenvalue weighted by Crippen LogP contribution is 2.28. The lowest BCUT2D eigenvalue weighted by molar-refractivity contribution is 1.05. The van der Waals surface area contributed by atoms with E-state index in [-0.39, 0.29) is 5.56 Å². The minimum absolute atomic E-state index is 0.102. The highest BCUT2D eigenvalue weighted by atomic mass is 35.5. The lowest BCUT2D eigenvalue weighted by atomic mass is 10.1. The molecule has 0 fully saturated rings. The van der Waals surface area contributed by atoms with Crippen LogP contribution in [-0.4, -0.2) is 13.9 Å². The van der Waals surface area contributed by atoms with Crippen LogP contribution in [0.3, 0.4) is 0 Å². The standard InChI is InChI=1S/C15H8ClN3OS/c16-9-3-4-11-12-8-18-21-14(12)15(20)19(13(11)6-9)10-2-1-5-17-7-10/h1-8H. The van der Waals surface area contributed by atoms with Crippen LogP contribution in [0.25, 0.3) is 26.7 Å². The fourth-order valence-electron chi connectivity index (χ4n) is 2.46. The van der Waals surface area contributed by atoms with Gasteiger partial charge in [0.1, 0.15) is 4.70 Å². The van der Waals surface area contributed by atoms with Crippen LogP contribution in [0.15, 0.2) is 53.7 Å². The van der Waals surface area contributed by atoms with Crippen LogP contribution in [0.2, 0.25) is 5.02 Å². The minimum atomic E-state index is -0.102. The molecule has 0 saturated heterocycles. The summed E-state index contributed by atoms with van der Waals surface area (Å²) < 4.78 is 6.42. The Bertz CT molecular complexity index is 1020. The van der Waals surface area contributed by atoms with Gasteiger partial charge in [0.25, 0.3) is 5.56 Å². The van der Waals surface area contributed by atoms with Gasteiger partial charge in [-0.15, -0.1) is 0 Å². The lowest BCUT2D eigenvalue weighted by Crippen LogP contribution is -2.18. The number of fused-ring (bicyclic) bond motifs is 3. The fraction of sp³-hybridized carbons (Fsp3) is 0. The van der Waals surface area contributed by atoms with E-state index in [2.05, 4.69) is 9.36 Å². The topological polar surface area (TPSA) is 47.8 Å². The summed E-state index contributed by atoms with van der Waals surface area (Å²) in [4.78, 5) is 16.9. The Morgan fingerprint density at radius 1 is 1.14 bits per heavy atom. The summed E-state index contributed by atoms with van der Waals surface area (Å²) in [6.07, 6.45) is 5.06. The number of aromatic nitrogens is 3. The Balaban J connectivity index is 2.28. The molecule has 0 amide bonds. The molecular weight excluding hydrogens is 306 g/mol. The van der Waals surface area contributed by atoms with E-state index < -0.39 is 0 Å². The first-order chi connectivity index (χ1) is 10.3. The second-order valence-electron chi connectivity index (χ2n) is 4.58. The molecule has 0 aliphatic rings. The fourth-order valence-corrected chi connectivity index (χ4v) is 3.32. The van der Waals surface area contributed by atoms with Gasteiger partial charge >= 0.3 is 0 Å². The summed E-state index contributed by atoms with van der Waals surface area (Å²) in [5, 5.41) is 2.39.